The van der Waals surface area contributed by atoms with E-state index in [9.17, 15) is 0 Å². The van der Waals surface area contributed by atoms with Gasteiger partial charge in [-0.15, -0.1) is 0 Å². The summed E-state index contributed by atoms with van der Waals surface area (Å²) in [5.74, 6) is 0.834. The van der Waals surface area contributed by atoms with Crippen molar-refractivity contribution in [3.8, 4) is 5.75 Å². The highest BCUT2D eigenvalue weighted by Crippen LogP contribution is 2.16. The second-order valence-electron chi connectivity index (χ2n) is 4.96. The first kappa shape index (κ1) is 16.5. The third-order valence-electron chi connectivity index (χ3n) is 3.27. The van der Waals surface area contributed by atoms with Gasteiger partial charge in [0.05, 0.1) is 0 Å². The predicted octanol–water partition coefficient (Wildman–Crippen LogP) is 4.06. The summed E-state index contributed by atoms with van der Waals surface area (Å²) < 4.78 is 16.6. The van der Waals surface area contributed by atoms with Crippen molar-refractivity contribution in [3.05, 3.63) is 65.7 Å². The zero-order valence-corrected chi connectivity index (χ0v) is 13.3. The molecule has 0 saturated heterocycles. The zero-order chi connectivity index (χ0) is 15.6. The van der Waals surface area contributed by atoms with Crippen LogP contribution in [0, 0.1) is 0 Å². The predicted molar refractivity (Wildman–Crippen MR) is 88.2 cm³/mol. The third kappa shape index (κ3) is 5.51. The number of rotatable bonds is 9. The van der Waals surface area contributed by atoms with Crippen LogP contribution >= 0.6 is 0 Å². The molecule has 0 radical (unpaired) electrons. The first-order valence-electron chi connectivity index (χ1n) is 7.80. The molecule has 2 aromatic rings. The summed E-state index contributed by atoms with van der Waals surface area (Å²) >= 11 is 0. The molecule has 0 N–H and O–H groups in total. The van der Waals surface area contributed by atoms with E-state index in [4.69, 9.17) is 14.2 Å². The molecule has 0 bridgehead atoms. The molecule has 0 aromatic heterocycles. The maximum atomic E-state index is 5.73. The standard InChI is InChI=1S/C19H24O3/c1-3-20-19(21-4-2)15-22-18-12-10-17(11-13-18)14-16-8-6-5-7-9-16/h5-13,19H,3-4,14-15H2,1-2H3. The van der Waals surface area contributed by atoms with E-state index in [0.717, 1.165) is 12.2 Å². The fourth-order valence-corrected chi connectivity index (χ4v) is 2.22. The van der Waals surface area contributed by atoms with Crippen LogP contribution in [0.1, 0.15) is 25.0 Å². The summed E-state index contributed by atoms with van der Waals surface area (Å²) in [6.45, 7) is 5.53. The quantitative estimate of drug-likeness (QED) is 0.654. The lowest BCUT2D eigenvalue weighted by Gasteiger charge is -2.17. The number of hydrogen-bond donors (Lipinski definition) is 0. The first-order chi connectivity index (χ1) is 10.8. The molecule has 0 heterocycles. The van der Waals surface area contributed by atoms with Crippen LogP contribution in [0.3, 0.4) is 0 Å². The Kier molecular flexibility index (Phi) is 6.94. The summed E-state index contributed by atoms with van der Waals surface area (Å²) in [5, 5.41) is 0. The van der Waals surface area contributed by atoms with Gasteiger partial charge in [0.1, 0.15) is 12.4 Å². The van der Waals surface area contributed by atoms with Crippen molar-refractivity contribution >= 4 is 0 Å². The molecule has 118 valence electrons. The maximum Gasteiger partial charge on any atom is 0.191 e. The van der Waals surface area contributed by atoms with Gasteiger partial charge in [-0.2, -0.15) is 0 Å². The maximum absolute atomic E-state index is 5.73. The van der Waals surface area contributed by atoms with E-state index in [2.05, 4.69) is 36.4 Å². The van der Waals surface area contributed by atoms with E-state index in [1.165, 1.54) is 11.1 Å². The monoisotopic (exact) mass is 300 g/mol. The van der Waals surface area contributed by atoms with E-state index >= 15 is 0 Å². The molecular weight excluding hydrogens is 276 g/mol. The number of hydrogen-bond acceptors (Lipinski definition) is 3. The minimum absolute atomic E-state index is 0.306. The van der Waals surface area contributed by atoms with Gasteiger partial charge in [0, 0.05) is 13.2 Å². The van der Waals surface area contributed by atoms with Crippen LogP contribution in [0.2, 0.25) is 0 Å². The van der Waals surface area contributed by atoms with E-state index in [0.29, 0.717) is 19.8 Å². The van der Waals surface area contributed by atoms with Crippen LogP contribution in [-0.4, -0.2) is 26.1 Å². The SMILES string of the molecule is CCOC(COc1ccc(Cc2ccccc2)cc1)OCC. The van der Waals surface area contributed by atoms with Crippen molar-refractivity contribution < 1.29 is 14.2 Å². The average molecular weight is 300 g/mol. The normalized spacial score (nSPS) is 10.9. The second kappa shape index (κ2) is 9.23. The van der Waals surface area contributed by atoms with Crippen LogP contribution in [0.25, 0.3) is 0 Å². The lowest BCUT2D eigenvalue weighted by molar-refractivity contribution is -0.152. The Morgan fingerprint density at radius 1 is 0.773 bits per heavy atom. The van der Waals surface area contributed by atoms with Gasteiger partial charge in [-0.05, 0) is 43.5 Å². The molecule has 0 fully saturated rings. The molecule has 2 aromatic carbocycles. The molecule has 0 unspecified atom stereocenters. The Hall–Kier alpha value is -1.84. The van der Waals surface area contributed by atoms with Crippen molar-refractivity contribution in [1.82, 2.24) is 0 Å². The van der Waals surface area contributed by atoms with Gasteiger partial charge in [-0.1, -0.05) is 42.5 Å². The van der Waals surface area contributed by atoms with E-state index in [-0.39, 0.29) is 6.29 Å². The van der Waals surface area contributed by atoms with Crippen LogP contribution < -0.4 is 4.74 Å². The summed E-state index contributed by atoms with van der Waals surface area (Å²) in [7, 11) is 0. The highest BCUT2D eigenvalue weighted by Gasteiger charge is 2.08. The molecular formula is C19H24O3. The van der Waals surface area contributed by atoms with E-state index < -0.39 is 0 Å². The van der Waals surface area contributed by atoms with Gasteiger partial charge in [0.25, 0.3) is 0 Å². The Morgan fingerprint density at radius 3 is 1.95 bits per heavy atom. The smallest absolute Gasteiger partial charge is 0.191 e. The highest BCUT2D eigenvalue weighted by atomic mass is 16.7. The topological polar surface area (TPSA) is 27.7 Å². The number of ether oxygens (including phenoxy) is 3. The fourth-order valence-electron chi connectivity index (χ4n) is 2.22. The second-order valence-corrected chi connectivity index (χ2v) is 4.96. The Morgan fingerprint density at radius 2 is 1.36 bits per heavy atom. The van der Waals surface area contributed by atoms with Crippen molar-refractivity contribution in [3.63, 3.8) is 0 Å². The molecule has 0 atom stereocenters. The summed E-state index contributed by atoms with van der Waals surface area (Å²) in [5.41, 5.74) is 2.58. The molecule has 0 aliphatic heterocycles. The first-order valence-corrected chi connectivity index (χ1v) is 7.80. The summed E-state index contributed by atoms with van der Waals surface area (Å²) in [6, 6.07) is 18.6. The largest absolute Gasteiger partial charge is 0.488 e. The molecule has 2 rings (SSSR count). The molecule has 0 amide bonds. The summed E-state index contributed by atoms with van der Waals surface area (Å²) in [4.78, 5) is 0. The van der Waals surface area contributed by atoms with Crippen molar-refractivity contribution in [2.45, 2.75) is 26.6 Å². The minimum atomic E-state index is -0.306. The lowest BCUT2D eigenvalue weighted by atomic mass is 10.1. The molecule has 0 aliphatic rings. The summed E-state index contributed by atoms with van der Waals surface area (Å²) in [6.07, 6.45) is 0.626. The van der Waals surface area contributed by atoms with E-state index in [1.54, 1.807) is 0 Å². The van der Waals surface area contributed by atoms with Crippen molar-refractivity contribution in [1.29, 1.82) is 0 Å². The average Bonchev–Trinajstić information content (AvgIpc) is 2.55. The third-order valence-corrected chi connectivity index (χ3v) is 3.27. The molecule has 0 aliphatic carbocycles. The Bertz CT molecular complexity index is 516. The van der Waals surface area contributed by atoms with Gasteiger partial charge >= 0.3 is 0 Å². The van der Waals surface area contributed by atoms with Gasteiger partial charge in [0.2, 0.25) is 0 Å². The highest BCUT2D eigenvalue weighted by molar-refractivity contribution is 5.31. The van der Waals surface area contributed by atoms with Gasteiger partial charge in [0.15, 0.2) is 6.29 Å². The Labute approximate surface area is 132 Å². The van der Waals surface area contributed by atoms with Crippen LogP contribution in [0.5, 0.6) is 5.75 Å². The van der Waals surface area contributed by atoms with Gasteiger partial charge < -0.3 is 14.2 Å². The van der Waals surface area contributed by atoms with Crippen LogP contribution in [0.4, 0.5) is 0 Å². The molecule has 3 heteroatoms. The van der Waals surface area contributed by atoms with Gasteiger partial charge in [-0.25, -0.2) is 0 Å². The molecule has 3 nitrogen and oxygen atoms in total. The Balaban J connectivity index is 1.86. The van der Waals surface area contributed by atoms with Crippen molar-refractivity contribution in [2.24, 2.45) is 0 Å². The zero-order valence-electron chi connectivity index (χ0n) is 13.3. The lowest BCUT2D eigenvalue weighted by Crippen LogP contribution is -2.25. The number of benzene rings is 2. The minimum Gasteiger partial charge on any atom is -0.488 e. The van der Waals surface area contributed by atoms with Crippen LogP contribution in [0.15, 0.2) is 54.6 Å². The van der Waals surface area contributed by atoms with E-state index in [1.807, 2.05) is 32.0 Å². The van der Waals surface area contributed by atoms with Crippen LogP contribution in [-0.2, 0) is 15.9 Å². The molecule has 0 spiro atoms. The van der Waals surface area contributed by atoms with Crippen molar-refractivity contribution in [2.75, 3.05) is 19.8 Å². The molecule has 0 saturated carbocycles. The molecule has 22 heavy (non-hydrogen) atoms. The fraction of sp³-hybridized carbons (Fsp3) is 0.368. The van der Waals surface area contributed by atoms with Gasteiger partial charge in [-0.3, -0.25) is 0 Å².